The van der Waals surface area contributed by atoms with Crippen molar-refractivity contribution < 1.29 is 9.53 Å². The van der Waals surface area contributed by atoms with Crippen molar-refractivity contribution in [3.05, 3.63) is 0 Å². The second kappa shape index (κ2) is 2.96. The van der Waals surface area contributed by atoms with Gasteiger partial charge in [0.2, 0.25) is 5.91 Å². The fraction of sp³-hybridized carbons (Fsp3) is 0.818. The highest BCUT2D eigenvalue weighted by atomic mass is 16.5. The molecule has 0 N–H and O–H groups in total. The van der Waals surface area contributed by atoms with Gasteiger partial charge in [-0.3, -0.25) is 4.79 Å². The van der Waals surface area contributed by atoms with Gasteiger partial charge in [0.05, 0.1) is 18.3 Å². The number of carbonyl (C=O) groups is 1. The molecule has 1 amide bonds. The van der Waals surface area contributed by atoms with E-state index in [0.717, 1.165) is 25.7 Å². The zero-order valence-electron chi connectivity index (χ0n) is 8.61. The normalized spacial score (nSPS) is 36.1. The summed E-state index contributed by atoms with van der Waals surface area (Å²) in [5.41, 5.74) is -0.656. The van der Waals surface area contributed by atoms with Crippen LogP contribution in [0.5, 0.6) is 0 Å². The number of rotatable bonds is 1. The second-order valence-electron chi connectivity index (χ2n) is 4.86. The zero-order valence-corrected chi connectivity index (χ0v) is 8.61. The molecule has 2 saturated heterocycles. The van der Waals surface area contributed by atoms with Gasteiger partial charge in [-0.05, 0) is 25.7 Å². The molecule has 4 nitrogen and oxygen atoms in total. The highest BCUT2D eigenvalue weighted by Crippen LogP contribution is 2.47. The van der Waals surface area contributed by atoms with Crippen molar-refractivity contribution >= 4 is 5.91 Å². The summed E-state index contributed by atoms with van der Waals surface area (Å²) in [6, 6.07) is 2.17. The summed E-state index contributed by atoms with van der Waals surface area (Å²) in [4.78, 5) is 13.9. The first kappa shape index (κ1) is 9.17. The lowest BCUT2D eigenvalue weighted by molar-refractivity contribution is -0.143. The number of likely N-dealkylation sites (tertiary alicyclic amines) is 1. The Balaban J connectivity index is 1.73. The standard InChI is InChI=1S/C11H14N2O2/c12-7-11(3-4-11)10(14)13-5-8-1-2-9(6-13)15-8/h8-9H,1-6H2. The second-order valence-corrected chi connectivity index (χ2v) is 4.86. The van der Waals surface area contributed by atoms with Crippen molar-refractivity contribution in [2.24, 2.45) is 5.41 Å². The molecule has 1 saturated carbocycles. The minimum absolute atomic E-state index is 0.0465. The summed E-state index contributed by atoms with van der Waals surface area (Å²) >= 11 is 0. The van der Waals surface area contributed by atoms with Crippen molar-refractivity contribution in [3.63, 3.8) is 0 Å². The van der Waals surface area contributed by atoms with Gasteiger partial charge in [0.15, 0.2) is 0 Å². The van der Waals surface area contributed by atoms with Gasteiger partial charge in [0.1, 0.15) is 5.41 Å². The minimum atomic E-state index is -0.656. The Morgan fingerprint density at radius 3 is 2.40 bits per heavy atom. The third kappa shape index (κ3) is 1.34. The first-order valence-electron chi connectivity index (χ1n) is 5.60. The first-order chi connectivity index (χ1) is 7.23. The predicted molar refractivity (Wildman–Crippen MR) is 51.8 cm³/mol. The van der Waals surface area contributed by atoms with Gasteiger partial charge in [-0.15, -0.1) is 0 Å². The van der Waals surface area contributed by atoms with Crippen LogP contribution in [0.15, 0.2) is 0 Å². The smallest absolute Gasteiger partial charge is 0.243 e. The van der Waals surface area contributed by atoms with Gasteiger partial charge >= 0.3 is 0 Å². The fourth-order valence-electron chi connectivity index (χ4n) is 2.58. The number of nitrogens with zero attached hydrogens (tertiary/aromatic N) is 2. The molecule has 2 unspecified atom stereocenters. The Kier molecular flexibility index (Phi) is 1.81. The maximum Gasteiger partial charge on any atom is 0.243 e. The van der Waals surface area contributed by atoms with Crippen LogP contribution in [-0.2, 0) is 9.53 Å². The summed E-state index contributed by atoms with van der Waals surface area (Å²) in [7, 11) is 0. The van der Waals surface area contributed by atoms with Crippen molar-refractivity contribution in [2.75, 3.05) is 13.1 Å². The summed E-state index contributed by atoms with van der Waals surface area (Å²) in [6.45, 7) is 1.39. The lowest BCUT2D eigenvalue weighted by Gasteiger charge is -2.33. The van der Waals surface area contributed by atoms with Crippen LogP contribution >= 0.6 is 0 Å². The summed E-state index contributed by atoms with van der Waals surface area (Å²) in [5, 5.41) is 8.98. The molecule has 0 radical (unpaired) electrons. The van der Waals surface area contributed by atoms with Gasteiger partial charge in [-0.2, -0.15) is 5.26 Å². The van der Waals surface area contributed by atoms with E-state index in [0.29, 0.717) is 13.1 Å². The summed E-state index contributed by atoms with van der Waals surface area (Å²) in [6.07, 6.45) is 4.07. The number of amides is 1. The van der Waals surface area contributed by atoms with Gasteiger partial charge in [-0.25, -0.2) is 0 Å². The Morgan fingerprint density at radius 2 is 1.93 bits per heavy atom. The molecule has 2 atom stereocenters. The molecule has 0 aromatic rings. The highest BCUT2D eigenvalue weighted by molar-refractivity contribution is 5.88. The molecular formula is C11H14N2O2. The lowest BCUT2D eigenvalue weighted by Crippen LogP contribution is -2.48. The molecule has 0 aromatic heterocycles. The number of hydrogen-bond donors (Lipinski definition) is 0. The van der Waals surface area contributed by atoms with Gasteiger partial charge in [-0.1, -0.05) is 0 Å². The molecule has 3 fully saturated rings. The number of hydrogen-bond acceptors (Lipinski definition) is 3. The van der Waals surface area contributed by atoms with Crippen LogP contribution < -0.4 is 0 Å². The molecule has 4 heteroatoms. The van der Waals surface area contributed by atoms with Crippen LogP contribution in [0.3, 0.4) is 0 Å². The van der Waals surface area contributed by atoms with E-state index in [9.17, 15) is 4.79 Å². The molecule has 2 heterocycles. The molecule has 2 aliphatic heterocycles. The minimum Gasteiger partial charge on any atom is -0.371 e. The maximum absolute atomic E-state index is 12.1. The van der Waals surface area contributed by atoms with Crippen LogP contribution in [0.1, 0.15) is 25.7 Å². The molecule has 80 valence electrons. The number of carbonyl (C=O) groups excluding carboxylic acids is 1. The summed E-state index contributed by atoms with van der Waals surface area (Å²) in [5.74, 6) is 0.0465. The van der Waals surface area contributed by atoms with Crippen LogP contribution in [0.2, 0.25) is 0 Å². The highest BCUT2D eigenvalue weighted by Gasteiger charge is 2.54. The average molecular weight is 206 g/mol. The molecule has 15 heavy (non-hydrogen) atoms. The van der Waals surface area contributed by atoms with Crippen LogP contribution in [0.25, 0.3) is 0 Å². The molecule has 3 rings (SSSR count). The number of fused-ring (bicyclic) bond motifs is 2. The van der Waals surface area contributed by atoms with Gasteiger partial charge in [0, 0.05) is 13.1 Å². The Labute approximate surface area is 88.8 Å². The number of nitriles is 1. The van der Waals surface area contributed by atoms with Crippen LogP contribution in [0, 0.1) is 16.7 Å². The molecule has 1 aliphatic carbocycles. The fourth-order valence-corrected chi connectivity index (χ4v) is 2.58. The average Bonchev–Trinajstić information content (AvgIpc) is 3.00. The predicted octanol–water partition coefficient (Wildman–Crippen LogP) is 0.680. The van der Waals surface area contributed by atoms with Crippen LogP contribution in [-0.4, -0.2) is 36.1 Å². The van der Waals surface area contributed by atoms with E-state index in [1.165, 1.54) is 0 Å². The molecule has 0 spiro atoms. The Hall–Kier alpha value is -1.08. The largest absolute Gasteiger partial charge is 0.371 e. The monoisotopic (exact) mass is 206 g/mol. The third-order valence-electron chi connectivity index (χ3n) is 3.70. The van der Waals surface area contributed by atoms with Crippen molar-refractivity contribution in [1.29, 1.82) is 5.26 Å². The Morgan fingerprint density at radius 1 is 1.33 bits per heavy atom. The van der Waals surface area contributed by atoms with Crippen molar-refractivity contribution in [1.82, 2.24) is 4.90 Å². The van der Waals surface area contributed by atoms with E-state index in [1.807, 2.05) is 4.90 Å². The lowest BCUT2D eigenvalue weighted by atomic mass is 10.1. The Bertz CT molecular complexity index is 331. The first-order valence-corrected chi connectivity index (χ1v) is 5.60. The van der Waals surface area contributed by atoms with E-state index >= 15 is 0 Å². The maximum atomic E-state index is 12.1. The SMILES string of the molecule is N#CC1(C(=O)N2CC3CCC(C2)O3)CC1. The van der Waals surface area contributed by atoms with E-state index in [-0.39, 0.29) is 18.1 Å². The zero-order chi connectivity index (χ0) is 10.5. The van der Waals surface area contributed by atoms with Crippen LogP contribution in [0.4, 0.5) is 0 Å². The molecular weight excluding hydrogens is 192 g/mol. The summed E-state index contributed by atoms with van der Waals surface area (Å²) < 4.78 is 5.67. The molecule has 3 aliphatic rings. The number of ether oxygens (including phenoxy) is 1. The van der Waals surface area contributed by atoms with E-state index in [4.69, 9.17) is 10.00 Å². The quantitative estimate of drug-likeness (QED) is 0.634. The number of morpholine rings is 1. The van der Waals surface area contributed by atoms with E-state index < -0.39 is 5.41 Å². The van der Waals surface area contributed by atoms with Gasteiger partial charge in [0.25, 0.3) is 0 Å². The molecule has 0 aromatic carbocycles. The van der Waals surface area contributed by atoms with Crippen molar-refractivity contribution in [2.45, 2.75) is 37.9 Å². The topological polar surface area (TPSA) is 53.3 Å². The van der Waals surface area contributed by atoms with E-state index in [1.54, 1.807) is 0 Å². The van der Waals surface area contributed by atoms with Crippen molar-refractivity contribution in [3.8, 4) is 6.07 Å². The van der Waals surface area contributed by atoms with Gasteiger partial charge < -0.3 is 9.64 Å². The molecule has 2 bridgehead atoms. The third-order valence-corrected chi connectivity index (χ3v) is 3.70. The van der Waals surface area contributed by atoms with E-state index in [2.05, 4.69) is 6.07 Å².